The summed E-state index contributed by atoms with van der Waals surface area (Å²) in [4.78, 5) is 13.2. The van der Waals surface area contributed by atoms with Gasteiger partial charge in [0.15, 0.2) is 5.78 Å². The minimum absolute atomic E-state index is 0.110. The van der Waals surface area contributed by atoms with Crippen LogP contribution in [0.4, 0.5) is 0 Å². The summed E-state index contributed by atoms with van der Waals surface area (Å²) in [6.45, 7) is 0. The standard InChI is InChI=1S/C22H30O2/c1-24-19-9-11-22(12-10-19)15-18-8-7-17(14-20(18)21(22)23)13-16-5-3-2-4-6-16/h7-8,14,16,19H,2-6,9-13,15H2,1H3/t19-,22-. The monoisotopic (exact) mass is 326 g/mol. The molecule has 0 bridgehead atoms. The molecule has 3 aliphatic rings. The summed E-state index contributed by atoms with van der Waals surface area (Å²) in [5.74, 6) is 1.26. The topological polar surface area (TPSA) is 26.3 Å². The fourth-order valence-corrected chi connectivity index (χ4v) is 5.35. The van der Waals surface area contributed by atoms with Gasteiger partial charge >= 0.3 is 0 Å². The number of Topliss-reactive ketones (excluding diaryl/α,β-unsaturated/α-hetero) is 1. The molecule has 0 unspecified atom stereocenters. The second-order valence-electron chi connectivity index (χ2n) is 8.42. The van der Waals surface area contributed by atoms with E-state index < -0.39 is 0 Å². The third kappa shape index (κ3) is 2.94. The number of ether oxygens (including phenoxy) is 1. The van der Waals surface area contributed by atoms with Crippen molar-refractivity contribution >= 4 is 5.78 Å². The highest BCUT2D eigenvalue weighted by Gasteiger charge is 2.47. The molecule has 1 aromatic carbocycles. The van der Waals surface area contributed by atoms with Crippen molar-refractivity contribution in [2.75, 3.05) is 7.11 Å². The first-order valence-electron chi connectivity index (χ1n) is 9.90. The highest BCUT2D eigenvalue weighted by atomic mass is 16.5. The van der Waals surface area contributed by atoms with Crippen LogP contribution in [0.3, 0.4) is 0 Å². The molecule has 2 fully saturated rings. The summed E-state index contributed by atoms with van der Waals surface area (Å²) < 4.78 is 5.50. The van der Waals surface area contributed by atoms with Crippen LogP contribution < -0.4 is 0 Å². The van der Waals surface area contributed by atoms with Crippen LogP contribution in [0.2, 0.25) is 0 Å². The van der Waals surface area contributed by atoms with E-state index in [0.29, 0.717) is 11.9 Å². The van der Waals surface area contributed by atoms with E-state index >= 15 is 0 Å². The molecule has 130 valence electrons. The fourth-order valence-electron chi connectivity index (χ4n) is 5.35. The maximum Gasteiger partial charge on any atom is 0.169 e. The minimum atomic E-state index is -0.110. The number of hydrogen-bond donors (Lipinski definition) is 0. The van der Waals surface area contributed by atoms with Gasteiger partial charge in [0.25, 0.3) is 0 Å². The van der Waals surface area contributed by atoms with E-state index in [2.05, 4.69) is 18.2 Å². The highest BCUT2D eigenvalue weighted by molar-refractivity contribution is 6.05. The Morgan fingerprint density at radius 1 is 1.08 bits per heavy atom. The lowest BCUT2D eigenvalue weighted by Gasteiger charge is -2.35. The first kappa shape index (κ1) is 16.3. The Labute approximate surface area is 146 Å². The van der Waals surface area contributed by atoms with Crippen molar-refractivity contribution in [2.45, 2.75) is 76.7 Å². The van der Waals surface area contributed by atoms with Crippen molar-refractivity contribution in [3.8, 4) is 0 Å². The van der Waals surface area contributed by atoms with Gasteiger partial charge in [-0.1, -0.05) is 44.2 Å². The third-order valence-electron chi connectivity index (χ3n) is 6.90. The Balaban J connectivity index is 1.50. The number of carbonyl (C=O) groups is 1. The number of ketones is 1. The zero-order valence-corrected chi connectivity index (χ0v) is 15.0. The number of carbonyl (C=O) groups excluding carboxylic acids is 1. The van der Waals surface area contributed by atoms with E-state index in [-0.39, 0.29) is 5.41 Å². The van der Waals surface area contributed by atoms with Gasteiger partial charge in [-0.15, -0.1) is 0 Å². The number of fused-ring (bicyclic) bond motifs is 1. The van der Waals surface area contributed by atoms with Crippen molar-refractivity contribution in [1.82, 2.24) is 0 Å². The lowest BCUT2D eigenvalue weighted by atomic mass is 9.70. The van der Waals surface area contributed by atoms with Gasteiger partial charge in [-0.25, -0.2) is 0 Å². The predicted molar refractivity (Wildman–Crippen MR) is 96.5 cm³/mol. The van der Waals surface area contributed by atoms with E-state index in [0.717, 1.165) is 43.6 Å². The van der Waals surface area contributed by atoms with E-state index in [1.54, 1.807) is 7.11 Å². The molecule has 0 atom stereocenters. The van der Waals surface area contributed by atoms with Gasteiger partial charge in [0.1, 0.15) is 0 Å². The molecule has 24 heavy (non-hydrogen) atoms. The zero-order valence-electron chi connectivity index (χ0n) is 15.0. The van der Waals surface area contributed by atoms with E-state index in [1.807, 2.05) is 0 Å². The molecule has 0 radical (unpaired) electrons. The molecule has 1 spiro atoms. The molecule has 4 rings (SSSR count). The van der Waals surface area contributed by atoms with E-state index in [9.17, 15) is 4.79 Å². The summed E-state index contributed by atoms with van der Waals surface area (Å²) in [7, 11) is 1.80. The maximum absolute atomic E-state index is 13.2. The minimum Gasteiger partial charge on any atom is -0.381 e. The van der Waals surface area contributed by atoms with Crippen LogP contribution in [-0.4, -0.2) is 19.0 Å². The Hall–Kier alpha value is -1.15. The van der Waals surface area contributed by atoms with Crippen molar-refractivity contribution in [1.29, 1.82) is 0 Å². The Morgan fingerprint density at radius 3 is 2.54 bits per heavy atom. The highest BCUT2D eigenvalue weighted by Crippen LogP contribution is 2.48. The van der Waals surface area contributed by atoms with E-state index in [4.69, 9.17) is 4.74 Å². The van der Waals surface area contributed by atoms with Crippen LogP contribution in [0.15, 0.2) is 18.2 Å². The average Bonchev–Trinajstić information content (AvgIpc) is 2.89. The zero-order chi connectivity index (χ0) is 16.6. The Bertz CT molecular complexity index is 604. The van der Waals surface area contributed by atoms with Crippen LogP contribution in [0.1, 0.15) is 79.3 Å². The van der Waals surface area contributed by atoms with Gasteiger partial charge in [0.05, 0.1) is 6.10 Å². The summed E-state index contributed by atoms with van der Waals surface area (Å²) in [5.41, 5.74) is 3.61. The van der Waals surface area contributed by atoms with Crippen LogP contribution >= 0.6 is 0 Å². The Kier molecular flexibility index (Phi) is 4.51. The van der Waals surface area contributed by atoms with Crippen LogP contribution in [0.5, 0.6) is 0 Å². The largest absolute Gasteiger partial charge is 0.381 e. The molecule has 1 aromatic rings. The van der Waals surface area contributed by atoms with Crippen molar-refractivity contribution in [3.63, 3.8) is 0 Å². The Morgan fingerprint density at radius 2 is 1.83 bits per heavy atom. The molecule has 3 aliphatic carbocycles. The normalized spacial score (nSPS) is 30.7. The molecule has 0 amide bonds. The second kappa shape index (κ2) is 6.63. The summed E-state index contributed by atoms with van der Waals surface area (Å²) in [5, 5.41) is 0. The fraction of sp³-hybridized carbons (Fsp3) is 0.682. The lowest BCUT2D eigenvalue weighted by molar-refractivity contribution is 0.0285. The smallest absolute Gasteiger partial charge is 0.169 e. The molecular weight excluding hydrogens is 296 g/mol. The maximum atomic E-state index is 13.2. The first-order chi connectivity index (χ1) is 11.7. The van der Waals surface area contributed by atoms with Crippen molar-refractivity contribution in [3.05, 3.63) is 34.9 Å². The molecule has 0 aromatic heterocycles. The van der Waals surface area contributed by atoms with Crippen LogP contribution in [-0.2, 0) is 17.6 Å². The summed E-state index contributed by atoms with van der Waals surface area (Å²) >= 11 is 0. The molecule has 0 saturated heterocycles. The van der Waals surface area contributed by atoms with Crippen molar-refractivity contribution in [2.24, 2.45) is 11.3 Å². The van der Waals surface area contributed by atoms with Gasteiger partial charge < -0.3 is 4.74 Å². The molecule has 0 aliphatic heterocycles. The van der Waals surface area contributed by atoms with Gasteiger partial charge in [0, 0.05) is 18.1 Å². The molecule has 2 heteroatoms. The molecule has 0 N–H and O–H groups in total. The number of benzene rings is 1. The lowest BCUT2D eigenvalue weighted by Crippen LogP contribution is -2.35. The SMILES string of the molecule is CO[C@H]1CC[C@]2(CC1)Cc1ccc(CC3CCCCC3)cc1C2=O. The molecule has 0 heterocycles. The predicted octanol–water partition coefficient (Wildman–Crippen LogP) is 5.12. The number of hydrogen-bond acceptors (Lipinski definition) is 2. The number of methoxy groups -OCH3 is 1. The molecular formula is C22H30O2. The number of rotatable bonds is 3. The van der Waals surface area contributed by atoms with Crippen molar-refractivity contribution < 1.29 is 9.53 Å². The molecule has 2 nitrogen and oxygen atoms in total. The quantitative estimate of drug-likeness (QED) is 0.770. The average molecular weight is 326 g/mol. The van der Waals surface area contributed by atoms with Gasteiger partial charge in [-0.05, 0) is 61.6 Å². The van der Waals surface area contributed by atoms with Gasteiger partial charge in [-0.2, -0.15) is 0 Å². The third-order valence-corrected chi connectivity index (χ3v) is 6.90. The summed E-state index contributed by atoms with van der Waals surface area (Å²) in [6.07, 6.45) is 13.5. The van der Waals surface area contributed by atoms with Gasteiger partial charge in [0.2, 0.25) is 0 Å². The van der Waals surface area contributed by atoms with Gasteiger partial charge in [-0.3, -0.25) is 4.79 Å². The molecule has 2 saturated carbocycles. The first-order valence-corrected chi connectivity index (χ1v) is 9.90. The summed E-state index contributed by atoms with van der Waals surface area (Å²) in [6, 6.07) is 6.78. The van der Waals surface area contributed by atoms with E-state index in [1.165, 1.54) is 49.7 Å². The second-order valence-corrected chi connectivity index (χ2v) is 8.42. The van der Waals surface area contributed by atoms with Crippen LogP contribution in [0.25, 0.3) is 0 Å². The van der Waals surface area contributed by atoms with Crippen LogP contribution in [0, 0.1) is 11.3 Å².